The molecule has 0 aromatic heterocycles. The van der Waals surface area contributed by atoms with Crippen molar-refractivity contribution >= 4 is 11.6 Å². The Bertz CT molecular complexity index is 384. The van der Waals surface area contributed by atoms with Crippen LogP contribution in [0.3, 0.4) is 0 Å². The number of amides is 1. The Kier molecular flexibility index (Phi) is 4.15. The quantitative estimate of drug-likeness (QED) is 0.835. The lowest BCUT2D eigenvalue weighted by Crippen LogP contribution is -2.18. The SMILES string of the molecule is CCc1ccccc1NC(=O)CC1CCNC1. The third-order valence-corrected chi connectivity index (χ3v) is 3.31. The second-order valence-electron chi connectivity index (χ2n) is 4.62. The minimum Gasteiger partial charge on any atom is -0.326 e. The van der Waals surface area contributed by atoms with Gasteiger partial charge in [-0.15, -0.1) is 0 Å². The largest absolute Gasteiger partial charge is 0.326 e. The van der Waals surface area contributed by atoms with Crippen LogP contribution in [0.15, 0.2) is 24.3 Å². The van der Waals surface area contributed by atoms with E-state index in [-0.39, 0.29) is 5.91 Å². The highest BCUT2D eigenvalue weighted by Gasteiger charge is 2.18. The second-order valence-corrected chi connectivity index (χ2v) is 4.62. The predicted octanol–water partition coefficient (Wildman–Crippen LogP) is 2.19. The lowest BCUT2D eigenvalue weighted by atomic mass is 10.0. The third kappa shape index (κ3) is 3.30. The number of nitrogens with one attached hydrogen (secondary N) is 2. The van der Waals surface area contributed by atoms with Crippen molar-refractivity contribution < 1.29 is 4.79 Å². The van der Waals surface area contributed by atoms with Gasteiger partial charge in [0.05, 0.1) is 0 Å². The van der Waals surface area contributed by atoms with E-state index >= 15 is 0 Å². The molecule has 1 saturated heterocycles. The molecule has 1 amide bonds. The number of carbonyl (C=O) groups is 1. The van der Waals surface area contributed by atoms with E-state index in [1.807, 2.05) is 18.2 Å². The van der Waals surface area contributed by atoms with Crippen molar-refractivity contribution in [2.75, 3.05) is 18.4 Å². The van der Waals surface area contributed by atoms with Crippen LogP contribution in [0.5, 0.6) is 0 Å². The lowest BCUT2D eigenvalue weighted by Gasteiger charge is -2.11. The van der Waals surface area contributed by atoms with Crippen molar-refractivity contribution in [1.29, 1.82) is 0 Å². The Morgan fingerprint density at radius 2 is 2.29 bits per heavy atom. The van der Waals surface area contributed by atoms with Crippen molar-refractivity contribution in [2.45, 2.75) is 26.2 Å². The summed E-state index contributed by atoms with van der Waals surface area (Å²) in [7, 11) is 0. The fourth-order valence-electron chi connectivity index (χ4n) is 2.30. The van der Waals surface area contributed by atoms with Gasteiger partial charge in [-0.05, 0) is 43.5 Å². The van der Waals surface area contributed by atoms with Gasteiger partial charge in [0.1, 0.15) is 0 Å². The summed E-state index contributed by atoms with van der Waals surface area (Å²) in [5, 5.41) is 6.31. The van der Waals surface area contributed by atoms with Gasteiger partial charge in [-0.3, -0.25) is 4.79 Å². The highest BCUT2D eigenvalue weighted by Crippen LogP contribution is 2.18. The van der Waals surface area contributed by atoms with Gasteiger partial charge in [-0.25, -0.2) is 0 Å². The fourth-order valence-corrected chi connectivity index (χ4v) is 2.30. The average molecular weight is 232 g/mol. The first kappa shape index (κ1) is 12.1. The normalized spacial score (nSPS) is 19.2. The predicted molar refractivity (Wildman–Crippen MR) is 70.0 cm³/mol. The molecule has 2 rings (SSSR count). The van der Waals surface area contributed by atoms with Crippen LogP contribution in [0.1, 0.15) is 25.3 Å². The molecule has 0 aliphatic carbocycles. The average Bonchev–Trinajstić information content (AvgIpc) is 2.82. The molecule has 3 nitrogen and oxygen atoms in total. The fraction of sp³-hybridized carbons (Fsp3) is 0.500. The van der Waals surface area contributed by atoms with Gasteiger partial charge < -0.3 is 10.6 Å². The summed E-state index contributed by atoms with van der Waals surface area (Å²) in [6.45, 7) is 4.12. The van der Waals surface area contributed by atoms with Gasteiger partial charge in [0.2, 0.25) is 5.91 Å². The zero-order valence-electron chi connectivity index (χ0n) is 10.3. The Morgan fingerprint density at radius 1 is 1.47 bits per heavy atom. The molecule has 1 fully saturated rings. The number of para-hydroxylation sites is 1. The van der Waals surface area contributed by atoms with E-state index in [4.69, 9.17) is 0 Å². The summed E-state index contributed by atoms with van der Waals surface area (Å²) in [4.78, 5) is 11.9. The van der Waals surface area contributed by atoms with Gasteiger partial charge in [-0.2, -0.15) is 0 Å². The molecule has 0 radical (unpaired) electrons. The topological polar surface area (TPSA) is 41.1 Å². The highest BCUT2D eigenvalue weighted by molar-refractivity contribution is 5.91. The van der Waals surface area contributed by atoms with E-state index in [1.54, 1.807) is 0 Å². The van der Waals surface area contributed by atoms with E-state index in [1.165, 1.54) is 5.56 Å². The number of benzene rings is 1. The van der Waals surface area contributed by atoms with Crippen LogP contribution in [0.2, 0.25) is 0 Å². The maximum atomic E-state index is 11.9. The van der Waals surface area contributed by atoms with Crippen LogP contribution < -0.4 is 10.6 Å². The minimum absolute atomic E-state index is 0.139. The second kappa shape index (κ2) is 5.82. The van der Waals surface area contributed by atoms with Crippen LogP contribution >= 0.6 is 0 Å². The zero-order valence-corrected chi connectivity index (χ0v) is 10.3. The molecule has 2 N–H and O–H groups in total. The van der Waals surface area contributed by atoms with Crippen LogP contribution in [0.4, 0.5) is 5.69 Å². The summed E-state index contributed by atoms with van der Waals surface area (Å²) in [5.74, 6) is 0.642. The van der Waals surface area contributed by atoms with Crippen molar-refractivity contribution in [3.63, 3.8) is 0 Å². The smallest absolute Gasteiger partial charge is 0.224 e. The molecule has 17 heavy (non-hydrogen) atoms. The molecule has 1 atom stereocenters. The van der Waals surface area contributed by atoms with Gasteiger partial charge in [0.25, 0.3) is 0 Å². The van der Waals surface area contributed by atoms with E-state index < -0.39 is 0 Å². The maximum Gasteiger partial charge on any atom is 0.224 e. The van der Waals surface area contributed by atoms with E-state index in [0.717, 1.165) is 31.6 Å². The zero-order chi connectivity index (χ0) is 12.1. The number of hydrogen-bond donors (Lipinski definition) is 2. The van der Waals surface area contributed by atoms with Gasteiger partial charge in [-0.1, -0.05) is 25.1 Å². The van der Waals surface area contributed by atoms with Gasteiger partial charge >= 0.3 is 0 Å². The molecular weight excluding hydrogens is 212 g/mol. The Hall–Kier alpha value is -1.35. The molecule has 0 saturated carbocycles. The molecule has 0 spiro atoms. The number of anilines is 1. The molecule has 1 heterocycles. The van der Waals surface area contributed by atoms with Crippen molar-refractivity contribution in [1.82, 2.24) is 5.32 Å². The van der Waals surface area contributed by atoms with Crippen molar-refractivity contribution in [3.05, 3.63) is 29.8 Å². The summed E-state index contributed by atoms with van der Waals surface area (Å²) < 4.78 is 0. The highest BCUT2D eigenvalue weighted by atomic mass is 16.1. The first-order valence-electron chi connectivity index (χ1n) is 6.38. The third-order valence-electron chi connectivity index (χ3n) is 3.31. The Balaban J connectivity index is 1.92. The lowest BCUT2D eigenvalue weighted by molar-refractivity contribution is -0.116. The van der Waals surface area contributed by atoms with E-state index in [9.17, 15) is 4.79 Å². The maximum absolute atomic E-state index is 11.9. The number of rotatable bonds is 4. The van der Waals surface area contributed by atoms with E-state index in [2.05, 4.69) is 23.6 Å². The number of carbonyl (C=O) groups excluding carboxylic acids is 1. The summed E-state index contributed by atoms with van der Waals surface area (Å²) in [6.07, 6.45) is 2.69. The summed E-state index contributed by atoms with van der Waals surface area (Å²) >= 11 is 0. The van der Waals surface area contributed by atoms with E-state index in [0.29, 0.717) is 12.3 Å². The molecule has 1 aliphatic rings. The molecule has 1 aromatic rings. The Labute approximate surface area is 103 Å². The van der Waals surface area contributed by atoms with Crippen LogP contribution in [0, 0.1) is 5.92 Å². The molecule has 1 unspecified atom stereocenters. The van der Waals surface area contributed by atoms with Gasteiger partial charge in [0, 0.05) is 12.1 Å². The van der Waals surface area contributed by atoms with Crippen LogP contribution in [-0.4, -0.2) is 19.0 Å². The molecule has 1 aromatic carbocycles. The monoisotopic (exact) mass is 232 g/mol. The summed E-state index contributed by atoms with van der Waals surface area (Å²) in [6, 6.07) is 8.01. The van der Waals surface area contributed by atoms with Gasteiger partial charge in [0.15, 0.2) is 0 Å². The molecule has 3 heteroatoms. The van der Waals surface area contributed by atoms with Crippen LogP contribution in [0.25, 0.3) is 0 Å². The molecule has 1 aliphatic heterocycles. The Morgan fingerprint density at radius 3 is 3.00 bits per heavy atom. The van der Waals surface area contributed by atoms with Crippen LogP contribution in [-0.2, 0) is 11.2 Å². The number of aryl methyl sites for hydroxylation is 1. The molecular formula is C14H20N2O. The molecule has 92 valence electrons. The first-order valence-corrected chi connectivity index (χ1v) is 6.38. The standard InChI is InChI=1S/C14H20N2O/c1-2-12-5-3-4-6-13(12)16-14(17)9-11-7-8-15-10-11/h3-6,11,15H,2,7-10H2,1H3,(H,16,17). The number of hydrogen-bond acceptors (Lipinski definition) is 2. The first-order chi connectivity index (χ1) is 8.29. The van der Waals surface area contributed by atoms with Crippen molar-refractivity contribution in [2.24, 2.45) is 5.92 Å². The minimum atomic E-state index is 0.139. The molecule has 0 bridgehead atoms. The van der Waals surface area contributed by atoms with Crippen molar-refractivity contribution in [3.8, 4) is 0 Å². The summed E-state index contributed by atoms with van der Waals surface area (Å²) in [5.41, 5.74) is 2.16.